The van der Waals surface area contributed by atoms with Gasteiger partial charge in [-0.15, -0.1) is 0 Å². The Bertz CT molecular complexity index is 397. The second kappa shape index (κ2) is 9.90. The van der Waals surface area contributed by atoms with Gasteiger partial charge in [-0.1, -0.05) is 46.0 Å². The molecular formula is C19H34N2O3. The molecule has 138 valence electrons. The Balaban J connectivity index is 1.60. The van der Waals surface area contributed by atoms with Crippen molar-refractivity contribution >= 4 is 12.0 Å². The molecule has 1 aliphatic heterocycles. The fourth-order valence-electron chi connectivity index (χ4n) is 3.69. The number of hydrogen-bond donors (Lipinski definition) is 1. The molecule has 0 aromatic rings. The molecule has 0 bridgehead atoms. The molecule has 0 radical (unpaired) electrons. The van der Waals surface area contributed by atoms with Gasteiger partial charge in [0.1, 0.15) is 0 Å². The number of rotatable bonds is 6. The number of alkyl carbamates (subject to hydrolysis) is 1. The van der Waals surface area contributed by atoms with Gasteiger partial charge in [0.2, 0.25) is 5.91 Å². The minimum Gasteiger partial charge on any atom is -0.449 e. The zero-order valence-electron chi connectivity index (χ0n) is 15.4. The Kier molecular flexibility index (Phi) is 7.86. The Hall–Kier alpha value is -1.26. The van der Waals surface area contributed by atoms with Crippen LogP contribution in [0.2, 0.25) is 0 Å². The van der Waals surface area contributed by atoms with Crippen molar-refractivity contribution in [2.24, 2.45) is 11.8 Å². The fourth-order valence-corrected chi connectivity index (χ4v) is 3.69. The van der Waals surface area contributed by atoms with Crippen molar-refractivity contribution in [2.45, 2.75) is 77.7 Å². The second-order valence-electron chi connectivity index (χ2n) is 7.83. The third-order valence-corrected chi connectivity index (χ3v) is 5.21. The normalized spacial score (nSPS) is 20.2. The van der Waals surface area contributed by atoms with Crippen molar-refractivity contribution in [3.63, 3.8) is 0 Å². The van der Waals surface area contributed by atoms with E-state index in [9.17, 15) is 9.59 Å². The van der Waals surface area contributed by atoms with Gasteiger partial charge in [-0.2, -0.15) is 0 Å². The number of nitrogens with zero attached hydrogens (tertiary/aromatic N) is 1. The average molecular weight is 338 g/mol. The summed E-state index contributed by atoms with van der Waals surface area (Å²) in [7, 11) is 0. The highest BCUT2D eigenvalue weighted by atomic mass is 16.5. The van der Waals surface area contributed by atoms with Crippen molar-refractivity contribution in [3.8, 4) is 0 Å². The average Bonchev–Trinajstić information content (AvgIpc) is 2.59. The highest BCUT2D eigenvalue weighted by Gasteiger charge is 2.25. The Labute approximate surface area is 146 Å². The molecule has 0 aromatic carbocycles. The van der Waals surface area contributed by atoms with Gasteiger partial charge >= 0.3 is 6.09 Å². The first-order chi connectivity index (χ1) is 11.5. The van der Waals surface area contributed by atoms with Gasteiger partial charge in [-0.25, -0.2) is 4.79 Å². The van der Waals surface area contributed by atoms with Crippen LogP contribution in [-0.4, -0.2) is 42.6 Å². The fraction of sp³-hybridized carbons (Fsp3) is 0.895. The lowest BCUT2D eigenvalue weighted by molar-refractivity contribution is -0.132. The molecule has 0 aromatic heterocycles. The number of piperidine rings is 1. The zero-order valence-corrected chi connectivity index (χ0v) is 15.4. The summed E-state index contributed by atoms with van der Waals surface area (Å²) >= 11 is 0. The molecule has 1 saturated heterocycles. The van der Waals surface area contributed by atoms with Gasteiger partial charge in [-0.3, -0.25) is 4.79 Å². The van der Waals surface area contributed by atoms with Crippen LogP contribution in [0.15, 0.2) is 0 Å². The van der Waals surface area contributed by atoms with Crippen LogP contribution in [-0.2, 0) is 9.53 Å². The monoisotopic (exact) mass is 338 g/mol. The lowest BCUT2D eigenvalue weighted by atomic mass is 9.86. The molecule has 0 spiro atoms. The molecule has 1 saturated carbocycles. The maximum atomic E-state index is 12.4. The predicted molar refractivity (Wildman–Crippen MR) is 94.7 cm³/mol. The SMILES string of the molecule is CC(C)COC(=O)NC1CCN(C(=O)CCC2CCCCC2)CC1. The van der Waals surface area contributed by atoms with Crippen molar-refractivity contribution in [1.29, 1.82) is 0 Å². The molecule has 1 heterocycles. The molecule has 0 unspecified atom stereocenters. The molecule has 2 amide bonds. The summed E-state index contributed by atoms with van der Waals surface area (Å²) < 4.78 is 5.16. The molecule has 0 atom stereocenters. The smallest absolute Gasteiger partial charge is 0.407 e. The molecule has 5 nitrogen and oxygen atoms in total. The topological polar surface area (TPSA) is 58.6 Å². The summed E-state index contributed by atoms with van der Waals surface area (Å²) in [5, 5.41) is 2.92. The maximum Gasteiger partial charge on any atom is 0.407 e. The van der Waals surface area contributed by atoms with Crippen LogP contribution in [0.4, 0.5) is 4.79 Å². The van der Waals surface area contributed by atoms with Crippen molar-refractivity contribution in [2.75, 3.05) is 19.7 Å². The van der Waals surface area contributed by atoms with E-state index in [1.807, 2.05) is 18.7 Å². The van der Waals surface area contributed by atoms with Gasteiger partial charge in [0.15, 0.2) is 0 Å². The largest absolute Gasteiger partial charge is 0.449 e. The first kappa shape index (κ1) is 19.1. The Morgan fingerprint density at radius 2 is 1.75 bits per heavy atom. The maximum absolute atomic E-state index is 12.4. The standard InChI is InChI=1S/C19H34N2O3/c1-15(2)14-24-19(23)20-17-10-12-21(13-11-17)18(22)9-8-16-6-4-3-5-7-16/h15-17H,3-14H2,1-2H3,(H,20,23). The molecule has 1 aliphatic carbocycles. The van der Waals surface area contributed by atoms with E-state index >= 15 is 0 Å². The number of hydrogen-bond acceptors (Lipinski definition) is 3. The van der Waals surface area contributed by atoms with E-state index < -0.39 is 0 Å². The third-order valence-electron chi connectivity index (χ3n) is 5.21. The van der Waals surface area contributed by atoms with Crippen LogP contribution in [0.1, 0.15) is 71.6 Å². The van der Waals surface area contributed by atoms with Crippen LogP contribution in [0.3, 0.4) is 0 Å². The molecule has 24 heavy (non-hydrogen) atoms. The zero-order chi connectivity index (χ0) is 17.4. The van der Waals surface area contributed by atoms with Crippen molar-refractivity contribution in [3.05, 3.63) is 0 Å². The first-order valence-electron chi connectivity index (χ1n) is 9.75. The summed E-state index contributed by atoms with van der Waals surface area (Å²) in [6.07, 6.45) is 9.72. The summed E-state index contributed by atoms with van der Waals surface area (Å²) in [5.41, 5.74) is 0. The summed E-state index contributed by atoms with van der Waals surface area (Å²) in [4.78, 5) is 26.0. The molecule has 2 aliphatic rings. The summed E-state index contributed by atoms with van der Waals surface area (Å²) in [6.45, 7) is 5.98. The lowest BCUT2D eigenvalue weighted by Gasteiger charge is -2.32. The predicted octanol–water partition coefficient (Wildman–Crippen LogP) is 3.72. The van der Waals surface area contributed by atoms with Crippen molar-refractivity contribution in [1.82, 2.24) is 10.2 Å². The van der Waals surface area contributed by atoms with Crippen LogP contribution in [0, 0.1) is 11.8 Å². The molecule has 2 fully saturated rings. The van der Waals surface area contributed by atoms with E-state index in [1.165, 1.54) is 32.1 Å². The molecular weight excluding hydrogens is 304 g/mol. The van der Waals surface area contributed by atoms with E-state index in [1.54, 1.807) is 0 Å². The van der Waals surface area contributed by atoms with Gasteiger partial charge < -0.3 is 15.0 Å². The van der Waals surface area contributed by atoms with Gasteiger partial charge in [-0.05, 0) is 31.1 Å². The number of nitrogens with one attached hydrogen (secondary N) is 1. The van der Waals surface area contributed by atoms with E-state index in [2.05, 4.69) is 5.32 Å². The number of ether oxygens (including phenoxy) is 1. The molecule has 5 heteroatoms. The first-order valence-corrected chi connectivity index (χ1v) is 9.75. The van der Waals surface area contributed by atoms with Crippen LogP contribution >= 0.6 is 0 Å². The van der Waals surface area contributed by atoms with Crippen LogP contribution < -0.4 is 5.32 Å². The van der Waals surface area contributed by atoms with Gasteiger partial charge in [0.25, 0.3) is 0 Å². The van der Waals surface area contributed by atoms with E-state index in [4.69, 9.17) is 4.74 Å². The summed E-state index contributed by atoms with van der Waals surface area (Å²) in [5.74, 6) is 1.40. The number of carbonyl (C=O) groups is 2. The Morgan fingerprint density at radius 3 is 2.38 bits per heavy atom. The third kappa shape index (κ3) is 6.70. The van der Waals surface area contributed by atoms with Gasteiger partial charge in [0.05, 0.1) is 6.61 Å². The minimum absolute atomic E-state index is 0.132. The number of likely N-dealkylation sites (tertiary alicyclic amines) is 1. The quantitative estimate of drug-likeness (QED) is 0.803. The molecule has 1 N–H and O–H groups in total. The highest BCUT2D eigenvalue weighted by Crippen LogP contribution is 2.27. The highest BCUT2D eigenvalue weighted by molar-refractivity contribution is 5.76. The summed E-state index contributed by atoms with van der Waals surface area (Å²) in [6, 6.07) is 0.132. The van der Waals surface area contributed by atoms with Crippen LogP contribution in [0.5, 0.6) is 0 Å². The minimum atomic E-state index is -0.328. The van der Waals surface area contributed by atoms with E-state index in [0.717, 1.165) is 38.3 Å². The van der Waals surface area contributed by atoms with Gasteiger partial charge in [0, 0.05) is 25.6 Å². The van der Waals surface area contributed by atoms with E-state index in [0.29, 0.717) is 24.9 Å². The number of amides is 2. The number of carbonyl (C=O) groups excluding carboxylic acids is 2. The second-order valence-corrected chi connectivity index (χ2v) is 7.83. The lowest BCUT2D eigenvalue weighted by Crippen LogP contribution is -2.46. The van der Waals surface area contributed by atoms with E-state index in [-0.39, 0.29) is 12.1 Å². The van der Waals surface area contributed by atoms with Crippen molar-refractivity contribution < 1.29 is 14.3 Å². The Morgan fingerprint density at radius 1 is 1.08 bits per heavy atom. The van der Waals surface area contributed by atoms with Crippen LogP contribution in [0.25, 0.3) is 0 Å². The molecule has 2 rings (SSSR count).